The number of ether oxygens (including phenoxy) is 1. The van der Waals surface area contributed by atoms with Gasteiger partial charge in [0.05, 0.1) is 18.5 Å². The zero-order valence-corrected chi connectivity index (χ0v) is 13.3. The summed E-state index contributed by atoms with van der Waals surface area (Å²) in [6.07, 6.45) is 0. The number of carbonyl (C=O) groups is 1. The van der Waals surface area contributed by atoms with Gasteiger partial charge in [0.2, 0.25) is 0 Å². The summed E-state index contributed by atoms with van der Waals surface area (Å²) in [7, 11) is 1.35. The molecule has 4 nitrogen and oxygen atoms in total. The Bertz CT molecular complexity index is 630. The van der Waals surface area contributed by atoms with Gasteiger partial charge in [-0.25, -0.2) is 9.78 Å². The summed E-state index contributed by atoms with van der Waals surface area (Å²) in [6, 6.07) is 5.39. The van der Waals surface area contributed by atoms with Gasteiger partial charge in [-0.3, -0.25) is 0 Å². The Morgan fingerprint density at radius 2 is 2.26 bits per heavy atom. The molecule has 0 unspecified atom stereocenters. The number of hydrogen-bond acceptors (Lipinski definition) is 5. The van der Waals surface area contributed by atoms with Crippen molar-refractivity contribution in [1.82, 2.24) is 4.98 Å². The third-order valence-electron chi connectivity index (χ3n) is 2.34. The molecule has 0 saturated carbocycles. The van der Waals surface area contributed by atoms with E-state index in [1.165, 1.54) is 18.4 Å². The Balaban J connectivity index is 2.26. The second-order valence-corrected chi connectivity index (χ2v) is 5.96. The van der Waals surface area contributed by atoms with Crippen LogP contribution in [0.3, 0.4) is 0 Å². The molecule has 2 aromatic rings. The lowest BCUT2D eigenvalue weighted by Crippen LogP contribution is -1.99. The first kappa shape index (κ1) is 14.3. The van der Waals surface area contributed by atoms with E-state index in [0.717, 1.165) is 10.2 Å². The molecule has 0 atom stereocenters. The minimum absolute atomic E-state index is 0.377. The lowest BCUT2D eigenvalue weighted by Gasteiger charge is -2.05. The van der Waals surface area contributed by atoms with Crippen LogP contribution in [0.25, 0.3) is 0 Å². The highest BCUT2D eigenvalue weighted by atomic mass is 79.9. The first-order valence-corrected chi connectivity index (χ1v) is 7.28. The van der Waals surface area contributed by atoms with Crippen molar-refractivity contribution < 1.29 is 9.53 Å². The van der Waals surface area contributed by atoms with E-state index < -0.39 is 0 Å². The number of thiazole rings is 1. The summed E-state index contributed by atoms with van der Waals surface area (Å²) >= 11 is 10.5. The predicted octanol–water partition coefficient (Wildman–Crippen LogP) is 4.40. The fraction of sp³-hybridized carbons (Fsp3) is 0.167. The quantitative estimate of drug-likeness (QED) is 0.823. The Kier molecular flexibility index (Phi) is 4.44. The van der Waals surface area contributed by atoms with Gasteiger partial charge in [-0.15, -0.1) is 0 Å². The molecule has 0 bridgehead atoms. The average molecular weight is 362 g/mol. The molecule has 0 saturated heterocycles. The lowest BCUT2D eigenvalue weighted by atomic mass is 10.3. The summed E-state index contributed by atoms with van der Waals surface area (Å²) < 4.78 is 5.52. The minimum Gasteiger partial charge on any atom is -0.465 e. The largest absolute Gasteiger partial charge is 0.465 e. The van der Waals surface area contributed by atoms with E-state index in [2.05, 4.69) is 26.2 Å². The number of aryl methyl sites for hydroxylation is 1. The second kappa shape index (κ2) is 5.90. The number of nitrogens with one attached hydrogen (secondary N) is 1. The Hall–Kier alpha value is -1.11. The number of aromatic nitrogens is 1. The van der Waals surface area contributed by atoms with Crippen LogP contribution in [0.4, 0.5) is 10.8 Å². The number of nitrogens with zero attached hydrogens (tertiary/aromatic N) is 1. The van der Waals surface area contributed by atoms with Crippen LogP contribution in [-0.2, 0) is 4.74 Å². The molecule has 0 radical (unpaired) electrons. The predicted molar refractivity (Wildman–Crippen MR) is 80.6 cm³/mol. The highest BCUT2D eigenvalue weighted by Gasteiger charge is 2.16. The second-order valence-electron chi connectivity index (χ2n) is 3.67. The Morgan fingerprint density at radius 1 is 1.53 bits per heavy atom. The zero-order chi connectivity index (χ0) is 14.0. The monoisotopic (exact) mass is 360 g/mol. The number of methoxy groups -OCH3 is 1. The van der Waals surface area contributed by atoms with E-state index in [4.69, 9.17) is 16.3 Å². The molecule has 0 aliphatic carbocycles. The molecular weight excluding hydrogens is 352 g/mol. The Morgan fingerprint density at radius 3 is 2.89 bits per heavy atom. The standard InChI is InChI=1S/C12H10BrClN2O2S/c1-6-10(11(17)18-2)19-12(15-6)16-9-4-3-7(14)5-8(9)13/h3-5H,1-2H3,(H,15,16). The van der Waals surface area contributed by atoms with Crippen LogP contribution in [0.5, 0.6) is 0 Å². The molecule has 0 amide bonds. The van der Waals surface area contributed by atoms with Gasteiger partial charge in [0.15, 0.2) is 5.13 Å². The summed E-state index contributed by atoms with van der Waals surface area (Å²) in [5, 5.41) is 4.40. The van der Waals surface area contributed by atoms with Crippen molar-refractivity contribution in [3.05, 3.63) is 38.3 Å². The van der Waals surface area contributed by atoms with E-state index in [1.54, 1.807) is 19.1 Å². The molecule has 7 heteroatoms. The van der Waals surface area contributed by atoms with E-state index in [0.29, 0.717) is 20.7 Å². The summed E-state index contributed by atoms with van der Waals surface area (Å²) in [6.45, 7) is 1.77. The number of benzene rings is 1. The summed E-state index contributed by atoms with van der Waals surface area (Å²) in [5.74, 6) is -0.377. The zero-order valence-electron chi connectivity index (χ0n) is 10.2. The SMILES string of the molecule is COC(=O)c1sc(Nc2ccc(Cl)cc2Br)nc1C. The number of anilines is 2. The Labute approximate surface area is 127 Å². The van der Waals surface area contributed by atoms with E-state index in [1.807, 2.05) is 6.07 Å². The molecule has 1 aromatic carbocycles. The van der Waals surface area contributed by atoms with Gasteiger partial charge < -0.3 is 10.1 Å². The third kappa shape index (κ3) is 3.26. The summed E-state index contributed by atoms with van der Waals surface area (Å²) in [5.41, 5.74) is 1.47. The van der Waals surface area contributed by atoms with Crippen molar-refractivity contribution in [3.8, 4) is 0 Å². The van der Waals surface area contributed by atoms with Gasteiger partial charge in [-0.1, -0.05) is 22.9 Å². The van der Waals surface area contributed by atoms with Crippen molar-refractivity contribution >= 4 is 55.7 Å². The van der Waals surface area contributed by atoms with Gasteiger partial charge in [-0.05, 0) is 41.1 Å². The molecule has 100 valence electrons. The maximum Gasteiger partial charge on any atom is 0.350 e. The van der Waals surface area contributed by atoms with Crippen LogP contribution in [-0.4, -0.2) is 18.1 Å². The van der Waals surface area contributed by atoms with Crippen LogP contribution >= 0.6 is 38.9 Å². The fourth-order valence-corrected chi connectivity index (χ4v) is 3.12. The molecule has 0 fully saturated rings. The number of esters is 1. The number of hydrogen-bond donors (Lipinski definition) is 1. The van der Waals surface area contributed by atoms with Crippen molar-refractivity contribution in [2.45, 2.75) is 6.92 Å². The molecule has 1 heterocycles. The van der Waals surface area contributed by atoms with Gasteiger partial charge >= 0.3 is 5.97 Å². The lowest BCUT2D eigenvalue weighted by molar-refractivity contribution is 0.0605. The molecule has 1 N–H and O–H groups in total. The normalized spacial score (nSPS) is 10.3. The molecule has 1 aromatic heterocycles. The third-order valence-corrected chi connectivity index (χ3v) is 4.28. The maximum absolute atomic E-state index is 11.5. The molecule has 19 heavy (non-hydrogen) atoms. The van der Waals surface area contributed by atoms with Crippen molar-refractivity contribution in [2.75, 3.05) is 12.4 Å². The first-order valence-electron chi connectivity index (χ1n) is 5.29. The van der Waals surface area contributed by atoms with Crippen molar-refractivity contribution in [1.29, 1.82) is 0 Å². The number of rotatable bonds is 3. The van der Waals surface area contributed by atoms with E-state index in [-0.39, 0.29) is 5.97 Å². The molecule has 0 aliphatic heterocycles. The molecule has 0 aliphatic rings. The molecule has 0 spiro atoms. The van der Waals surface area contributed by atoms with Crippen LogP contribution in [0.15, 0.2) is 22.7 Å². The molecular formula is C12H10BrClN2O2S. The van der Waals surface area contributed by atoms with Crippen molar-refractivity contribution in [3.63, 3.8) is 0 Å². The van der Waals surface area contributed by atoms with Crippen LogP contribution in [0, 0.1) is 6.92 Å². The topological polar surface area (TPSA) is 51.2 Å². The number of halogens is 2. The average Bonchev–Trinajstić information content (AvgIpc) is 2.73. The van der Waals surface area contributed by atoms with E-state index >= 15 is 0 Å². The highest BCUT2D eigenvalue weighted by molar-refractivity contribution is 9.10. The first-order chi connectivity index (χ1) is 9.01. The highest BCUT2D eigenvalue weighted by Crippen LogP contribution is 2.31. The van der Waals surface area contributed by atoms with Crippen molar-refractivity contribution in [2.24, 2.45) is 0 Å². The molecule has 2 rings (SSSR count). The smallest absolute Gasteiger partial charge is 0.350 e. The van der Waals surface area contributed by atoms with Gasteiger partial charge in [0.1, 0.15) is 4.88 Å². The van der Waals surface area contributed by atoms with E-state index in [9.17, 15) is 4.79 Å². The van der Waals surface area contributed by atoms with Crippen LogP contribution in [0.1, 0.15) is 15.4 Å². The maximum atomic E-state index is 11.5. The van der Waals surface area contributed by atoms with Gasteiger partial charge in [0, 0.05) is 9.50 Å². The van der Waals surface area contributed by atoms with Gasteiger partial charge in [-0.2, -0.15) is 0 Å². The van der Waals surface area contributed by atoms with Crippen LogP contribution in [0.2, 0.25) is 5.02 Å². The van der Waals surface area contributed by atoms with Gasteiger partial charge in [0.25, 0.3) is 0 Å². The minimum atomic E-state index is -0.377. The van der Waals surface area contributed by atoms with Crippen LogP contribution < -0.4 is 5.32 Å². The number of carbonyl (C=O) groups excluding carboxylic acids is 1. The summed E-state index contributed by atoms with van der Waals surface area (Å²) in [4.78, 5) is 16.3. The fourth-order valence-electron chi connectivity index (χ4n) is 1.44.